The average Bonchev–Trinajstić information content (AvgIpc) is 3.00. The van der Waals surface area contributed by atoms with Gasteiger partial charge in [-0.15, -0.1) is 5.10 Å². The first-order chi connectivity index (χ1) is 10.4. The van der Waals surface area contributed by atoms with Gasteiger partial charge in [0.05, 0.1) is 18.1 Å². The molecule has 0 radical (unpaired) electrons. The van der Waals surface area contributed by atoms with Crippen LogP contribution in [0.25, 0.3) is 28.0 Å². The van der Waals surface area contributed by atoms with Crippen LogP contribution in [-0.2, 0) is 0 Å². The second kappa shape index (κ2) is 4.83. The largest absolute Gasteiger partial charge is 0.211 e. The zero-order valence-electron chi connectivity index (χ0n) is 11.2. The highest BCUT2D eigenvalue weighted by Gasteiger charge is 2.11. The molecule has 0 amide bonds. The van der Waals surface area contributed by atoms with Gasteiger partial charge in [-0.05, 0) is 5.56 Å². The first-order valence-electron chi connectivity index (χ1n) is 6.74. The number of rotatable bonds is 2. The van der Waals surface area contributed by atoms with Gasteiger partial charge < -0.3 is 0 Å². The molecular formula is C17H12N4. The van der Waals surface area contributed by atoms with Crippen LogP contribution in [0, 0.1) is 0 Å². The Bertz CT molecular complexity index is 882. The predicted octanol–water partition coefficient (Wildman–Crippen LogP) is 3.46. The fraction of sp³-hybridized carbons (Fsp3) is 0. The molecular weight excluding hydrogens is 260 g/mol. The van der Waals surface area contributed by atoms with Crippen LogP contribution in [0.1, 0.15) is 0 Å². The first kappa shape index (κ1) is 11.8. The molecule has 0 bridgehead atoms. The Morgan fingerprint density at radius 3 is 2.10 bits per heavy atom. The van der Waals surface area contributed by atoms with E-state index < -0.39 is 0 Å². The predicted molar refractivity (Wildman–Crippen MR) is 81.7 cm³/mol. The van der Waals surface area contributed by atoms with Crippen molar-refractivity contribution in [3.05, 3.63) is 73.1 Å². The van der Waals surface area contributed by atoms with Crippen molar-refractivity contribution in [1.29, 1.82) is 0 Å². The fourth-order valence-corrected chi connectivity index (χ4v) is 2.43. The summed E-state index contributed by atoms with van der Waals surface area (Å²) < 4.78 is 1.84. The molecule has 0 fully saturated rings. The van der Waals surface area contributed by atoms with Crippen LogP contribution in [0.3, 0.4) is 0 Å². The van der Waals surface area contributed by atoms with Gasteiger partial charge in [0.2, 0.25) is 0 Å². The fourth-order valence-electron chi connectivity index (χ4n) is 2.43. The quantitative estimate of drug-likeness (QED) is 0.561. The summed E-state index contributed by atoms with van der Waals surface area (Å²) in [5, 5.41) is 12.9. The van der Waals surface area contributed by atoms with Gasteiger partial charge in [-0.2, -0.15) is 10.2 Å². The van der Waals surface area contributed by atoms with Crippen molar-refractivity contribution < 1.29 is 0 Å². The maximum Gasteiger partial charge on any atom is 0.185 e. The number of aromatic nitrogens is 4. The van der Waals surface area contributed by atoms with E-state index in [9.17, 15) is 0 Å². The summed E-state index contributed by atoms with van der Waals surface area (Å²) in [6.45, 7) is 0. The minimum Gasteiger partial charge on any atom is -0.211 e. The molecule has 0 saturated heterocycles. The maximum absolute atomic E-state index is 4.49. The molecule has 0 saturated carbocycles. The van der Waals surface area contributed by atoms with Crippen molar-refractivity contribution in [2.75, 3.05) is 0 Å². The smallest absolute Gasteiger partial charge is 0.185 e. The summed E-state index contributed by atoms with van der Waals surface area (Å²) in [5.74, 6) is 0. The van der Waals surface area contributed by atoms with E-state index in [-0.39, 0.29) is 0 Å². The molecule has 0 spiro atoms. The molecule has 4 aromatic rings. The Balaban J connectivity index is 1.96. The molecule has 4 nitrogen and oxygen atoms in total. The second-order valence-corrected chi connectivity index (χ2v) is 4.76. The van der Waals surface area contributed by atoms with E-state index in [1.165, 1.54) is 0 Å². The molecule has 21 heavy (non-hydrogen) atoms. The number of nitrogens with zero attached hydrogens (tertiary/aromatic N) is 4. The zero-order chi connectivity index (χ0) is 14.1. The van der Waals surface area contributed by atoms with Crippen molar-refractivity contribution in [1.82, 2.24) is 19.8 Å². The van der Waals surface area contributed by atoms with E-state index in [1.54, 1.807) is 6.20 Å². The van der Waals surface area contributed by atoms with Gasteiger partial charge in [-0.25, -0.2) is 4.52 Å². The Labute approximate surface area is 121 Å². The van der Waals surface area contributed by atoms with Crippen LogP contribution < -0.4 is 0 Å². The third-order valence-electron chi connectivity index (χ3n) is 3.46. The highest BCUT2D eigenvalue weighted by molar-refractivity contribution is 5.78. The Hall–Kier alpha value is -3.01. The summed E-state index contributed by atoms with van der Waals surface area (Å²) in [7, 11) is 0. The van der Waals surface area contributed by atoms with E-state index in [0.29, 0.717) is 0 Å². The van der Waals surface area contributed by atoms with Crippen molar-refractivity contribution in [3.8, 4) is 22.4 Å². The first-order valence-corrected chi connectivity index (χ1v) is 6.74. The lowest BCUT2D eigenvalue weighted by Crippen LogP contribution is -1.98. The number of benzene rings is 2. The molecule has 0 unspecified atom stereocenters. The van der Waals surface area contributed by atoms with Gasteiger partial charge in [0, 0.05) is 11.1 Å². The Morgan fingerprint density at radius 2 is 1.38 bits per heavy atom. The molecule has 0 atom stereocenters. The van der Waals surface area contributed by atoms with E-state index in [1.807, 2.05) is 71.4 Å². The second-order valence-electron chi connectivity index (χ2n) is 4.76. The van der Waals surface area contributed by atoms with Crippen molar-refractivity contribution in [2.45, 2.75) is 0 Å². The molecule has 4 rings (SSSR count). The van der Waals surface area contributed by atoms with Crippen molar-refractivity contribution in [3.63, 3.8) is 0 Å². The average molecular weight is 272 g/mol. The van der Waals surface area contributed by atoms with Crippen molar-refractivity contribution in [2.24, 2.45) is 0 Å². The molecule has 0 aliphatic carbocycles. The van der Waals surface area contributed by atoms with E-state index >= 15 is 0 Å². The molecule has 4 heteroatoms. The van der Waals surface area contributed by atoms with Gasteiger partial charge in [-0.3, -0.25) is 0 Å². The lowest BCUT2D eigenvalue weighted by molar-refractivity contribution is 0.898. The van der Waals surface area contributed by atoms with Gasteiger partial charge in [-0.1, -0.05) is 60.7 Å². The van der Waals surface area contributed by atoms with Crippen LogP contribution >= 0.6 is 0 Å². The van der Waals surface area contributed by atoms with Crippen LogP contribution in [0.15, 0.2) is 73.1 Å². The van der Waals surface area contributed by atoms with Crippen molar-refractivity contribution >= 4 is 5.65 Å². The van der Waals surface area contributed by atoms with Crippen LogP contribution in [0.5, 0.6) is 0 Å². The molecule has 0 aliphatic heterocycles. The van der Waals surface area contributed by atoms with Crippen LogP contribution in [0.4, 0.5) is 0 Å². The molecule has 2 aromatic carbocycles. The third kappa shape index (κ3) is 1.97. The SMILES string of the molecule is c1ccc(-c2cnn3c(-c4ccccc4)cnnc23)cc1. The molecule has 0 aliphatic rings. The third-order valence-corrected chi connectivity index (χ3v) is 3.46. The standard InChI is InChI=1S/C17H12N4/c1-3-7-13(8-4-1)15-11-19-21-16(12-18-20-17(15)21)14-9-5-2-6-10-14/h1-12H. The highest BCUT2D eigenvalue weighted by Crippen LogP contribution is 2.25. The molecule has 0 N–H and O–H groups in total. The number of hydrogen-bond donors (Lipinski definition) is 0. The van der Waals surface area contributed by atoms with Crippen LogP contribution in [-0.4, -0.2) is 19.8 Å². The Morgan fingerprint density at radius 1 is 0.714 bits per heavy atom. The summed E-state index contributed by atoms with van der Waals surface area (Å²) in [5.41, 5.74) is 4.85. The number of fused-ring (bicyclic) bond motifs is 1. The maximum atomic E-state index is 4.49. The van der Waals surface area contributed by atoms with Crippen LogP contribution in [0.2, 0.25) is 0 Å². The minimum atomic E-state index is 0.766. The minimum absolute atomic E-state index is 0.766. The Kier molecular flexibility index (Phi) is 2.71. The zero-order valence-corrected chi connectivity index (χ0v) is 11.2. The summed E-state index contributed by atoms with van der Waals surface area (Å²) in [4.78, 5) is 0. The lowest BCUT2D eigenvalue weighted by atomic mass is 10.1. The van der Waals surface area contributed by atoms with Gasteiger partial charge in [0.25, 0.3) is 0 Å². The summed E-state index contributed by atoms with van der Waals surface area (Å²) in [6.07, 6.45) is 3.58. The normalized spacial score (nSPS) is 10.9. The number of hydrogen-bond acceptors (Lipinski definition) is 3. The molecule has 2 aromatic heterocycles. The van der Waals surface area contributed by atoms with E-state index in [4.69, 9.17) is 0 Å². The van der Waals surface area contributed by atoms with Gasteiger partial charge in [0.15, 0.2) is 5.65 Å². The molecule has 2 heterocycles. The topological polar surface area (TPSA) is 43.1 Å². The van der Waals surface area contributed by atoms with Gasteiger partial charge >= 0.3 is 0 Å². The lowest BCUT2D eigenvalue weighted by Gasteiger charge is -2.04. The molecule has 100 valence electrons. The summed E-state index contributed by atoms with van der Waals surface area (Å²) in [6, 6.07) is 20.2. The van der Waals surface area contributed by atoms with E-state index in [0.717, 1.165) is 28.0 Å². The monoisotopic (exact) mass is 272 g/mol. The van der Waals surface area contributed by atoms with Gasteiger partial charge in [0.1, 0.15) is 0 Å². The summed E-state index contributed by atoms with van der Waals surface area (Å²) >= 11 is 0. The highest BCUT2D eigenvalue weighted by atomic mass is 15.3. The van der Waals surface area contributed by atoms with E-state index in [2.05, 4.69) is 15.3 Å².